The van der Waals surface area contributed by atoms with Gasteiger partial charge in [0, 0.05) is 36.5 Å². The van der Waals surface area contributed by atoms with Crippen molar-refractivity contribution in [3.8, 4) is 5.75 Å². The van der Waals surface area contributed by atoms with Crippen molar-refractivity contribution < 1.29 is 9.66 Å². The number of aromatic nitrogens is 1. The van der Waals surface area contributed by atoms with E-state index in [1.54, 1.807) is 20.1 Å². The molecule has 0 radical (unpaired) electrons. The molecule has 0 aromatic carbocycles. The van der Waals surface area contributed by atoms with Crippen LogP contribution in [0.25, 0.3) is 11.6 Å². The van der Waals surface area contributed by atoms with E-state index in [0.717, 1.165) is 36.1 Å². The van der Waals surface area contributed by atoms with E-state index in [9.17, 15) is 10.1 Å². The summed E-state index contributed by atoms with van der Waals surface area (Å²) in [6.45, 7) is 1.54. The Kier molecular flexibility index (Phi) is 3.41. The van der Waals surface area contributed by atoms with Gasteiger partial charge in [-0.05, 0) is 37.3 Å². The lowest BCUT2D eigenvalue weighted by atomic mass is 9.94. The van der Waals surface area contributed by atoms with Crippen molar-refractivity contribution in [1.29, 1.82) is 0 Å². The van der Waals surface area contributed by atoms with Gasteiger partial charge in [-0.3, -0.25) is 10.1 Å². The highest BCUT2D eigenvalue weighted by Crippen LogP contribution is 2.33. The van der Waals surface area contributed by atoms with Gasteiger partial charge in [0.1, 0.15) is 5.75 Å². The Bertz CT molecular complexity index is 744. The second-order valence-corrected chi connectivity index (χ2v) is 5.41. The number of allylic oxidation sites excluding steroid dienone is 1. The van der Waals surface area contributed by atoms with Crippen molar-refractivity contribution >= 4 is 11.6 Å². The van der Waals surface area contributed by atoms with Crippen LogP contribution in [-0.2, 0) is 12.8 Å². The van der Waals surface area contributed by atoms with Crippen LogP contribution in [-0.4, -0.2) is 16.4 Å². The maximum Gasteiger partial charge on any atom is 0.243 e. The molecule has 2 heterocycles. The van der Waals surface area contributed by atoms with Crippen LogP contribution in [0.3, 0.4) is 0 Å². The number of nitro groups is 1. The number of hydrogen-bond acceptors (Lipinski definition) is 3. The summed E-state index contributed by atoms with van der Waals surface area (Å²) in [5.41, 5.74) is 4.65. The fourth-order valence-corrected chi connectivity index (χ4v) is 3.07. The second kappa shape index (κ2) is 5.24. The number of rotatable bonds is 3. The van der Waals surface area contributed by atoms with Gasteiger partial charge in [-0.1, -0.05) is 0 Å². The van der Waals surface area contributed by atoms with Crippen molar-refractivity contribution in [3.63, 3.8) is 0 Å². The third-order valence-electron chi connectivity index (χ3n) is 4.13. The van der Waals surface area contributed by atoms with Gasteiger partial charge >= 0.3 is 0 Å². The molecule has 5 heteroatoms. The van der Waals surface area contributed by atoms with E-state index < -0.39 is 0 Å². The predicted octanol–water partition coefficient (Wildman–Crippen LogP) is 3.46. The Morgan fingerprint density at radius 2 is 2.19 bits per heavy atom. The van der Waals surface area contributed by atoms with Crippen LogP contribution < -0.4 is 4.74 Å². The van der Waals surface area contributed by atoms with E-state index >= 15 is 0 Å². The Labute approximate surface area is 123 Å². The number of aryl methyl sites for hydroxylation is 1. The molecule has 0 spiro atoms. The minimum atomic E-state index is -0.334. The monoisotopic (exact) mass is 286 g/mol. The SMILES string of the molecule is COc1ccn2c3c(c(C=C(C)[N+](=O)[O-])c2c1)CCCC3. The van der Waals surface area contributed by atoms with Crippen LogP contribution in [0.15, 0.2) is 24.0 Å². The van der Waals surface area contributed by atoms with Crippen LogP contribution in [0.2, 0.25) is 0 Å². The fraction of sp³-hybridized carbons (Fsp3) is 0.375. The summed E-state index contributed by atoms with van der Waals surface area (Å²) in [6, 6.07) is 3.88. The number of ether oxygens (including phenoxy) is 1. The third-order valence-corrected chi connectivity index (χ3v) is 4.13. The first-order valence-corrected chi connectivity index (χ1v) is 7.14. The first-order valence-electron chi connectivity index (χ1n) is 7.14. The highest BCUT2D eigenvalue weighted by atomic mass is 16.6. The molecule has 0 fully saturated rings. The van der Waals surface area contributed by atoms with Gasteiger partial charge in [0.15, 0.2) is 0 Å². The van der Waals surface area contributed by atoms with Gasteiger partial charge in [0.25, 0.3) is 0 Å². The number of methoxy groups -OCH3 is 1. The molecule has 0 bridgehead atoms. The van der Waals surface area contributed by atoms with Crippen molar-refractivity contribution in [3.05, 3.63) is 51.0 Å². The summed E-state index contributed by atoms with van der Waals surface area (Å²) in [6.07, 6.45) is 8.00. The summed E-state index contributed by atoms with van der Waals surface area (Å²) in [7, 11) is 1.63. The summed E-state index contributed by atoms with van der Waals surface area (Å²) in [5.74, 6) is 0.769. The molecular formula is C16H18N2O3. The second-order valence-electron chi connectivity index (χ2n) is 5.41. The number of hydrogen-bond donors (Lipinski definition) is 0. The van der Waals surface area contributed by atoms with E-state index in [-0.39, 0.29) is 10.6 Å². The molecule has 1 aliphatic rings. The molecule has 2 aromatic rings. The first kappa shape index (κ1) is 13.7. The minimum Gasteiger partial charge on any atom is -0.497 e. The molecule has 0 N–H and O–H groups in total. The smallest absolute Gasteiger partial charge is 0.243 e. The average Bonchev–Trinajstić information content (AvgIpc) is 2.81. The average molecular weight is 286 g/mol. The van der Waals surface area contributed by atoms with Crippen LogP contribution in [0.1, 0.15) is 36.6 Å². The van der Waals surface area contributed by atoms with Crippen molar-refractivity contribution in [2.45, 2.75) is 32.6 Å². The molecule has 0 atom stereocenters. The molecule has 0 saturated heterocycles. The Morgan fingerprint density at radius 3 is 2.90 bits per heavy atom. The summed E-state index contributed by atoms with van der Waals surface area (Å²) < 4.78 is 7.44. The van der Waals surface area contributed by atoms with Crippen molar-refractivity contribution in [2.24, 2.45) is 0 Å². The van der Waals surface area contributed by atoms with E-state index in [1.807, 2.05) is 18.3 Å². The van der Waals surface area contributed by atoms with Gasteiger partial charge in [-0.15, -0.1) is 0 Å². The first-order chi connectivity index (χ1) is 10.1. The molecule has 3 rings (SSSR count). The van der Waals surface area contributed by atoms with E-state index in [4.69, 9.17) is 4.74 Å². The highest BCUT2D eigenvalue weighted by Gasteiger charge is 2.21. The fourth-order valence-electron chi connectivity index (χ4n) is 3.07. The molecule has 1 aliphatic carbocycles. The quantitative estimate of drug-likeness (QED) is 0.641. The summed E-state index contributed by atoms with van der Waals surface area (Å²) in [5, 5.41) is 11.0. The summed E-state index contributed by atoms with van der Waals surface area (Å²) in [4.78, 5) is 10.6. The lowest BCUT2D eigenvalue weighted by Crippen LogP contribution is -2.03. The third kappa shape index (κ3) is 2.28. The van der Waals surface area contributed by atoms with Crippen molar-refractivity contribution in [2.75, 3.05) is 7.11 Å². The maximum absolute atomic E-state index is 11.0. The lowest BCUT2D eigenvalue weighted by molar-refractivity contribution is -0.422. The molecule has 110 valence electrons. The van der Waals surface area contributed by atoms with Gasteiger partial charge < -0.3 is 9.14 Å². The maximum atomic E-state index is 11.0. The Morgan fingerprint density at radius 1 is 1.43 bits per heavy atom. The zero-order valence-electron chi connectivity index (χ0n) is 12.3. The van der Waals surface area contributed by atoms with Crippen LogP contribution >= 0.6 is 0 Å². The van der Waals surface area contributed by atoms with Crippen LogP contribution in [0, 0.1) is 10.1 Å². The molecule has 0 unspecified atom stereocenters. The standard InChI is InChI=1S/C16H18N2O3/c1-11(18(19)20)9-14-13-5-3-4-6-15(13)17-8-7-12(21-2)10-16(14)17/h7-10H,3-6H2,1-2H3. The van der Waals surface area contributed by atoms with Gasteiger partial charge in [0.05, 0.1) is 17.5 Å². The lowest BCUT2D eigenvalue weighted by Gasteiger charge is -2.12. The largest absolute Gasteiger partial charge is 0.497 e. The molecule has 0 aliphatic heterocycles. The van der Waals surface area contributed by atoms with Gasteiger partial charge in [-0.2, -0.15) is 0 Å². The number of nitrogens with zero attached hydrogens (tertiary/aromatic N) is 2. The zero-order valence-corrected chi connectivity index (χ0v) is 12.3. The van der Waals surface area contributed by atoms with E-state index in [0.29, 0.717) is 0 Å². The minimum absolute atomic E-state index is 0.165. The van der Waals surface area contributed by atoms with Gasteiger partial charge in [0.2, 0.25) is 5.70 Å². The predicted molar refractivity (Wildman–Crippen MR) is 81.2 cm³/mol. The number of pyridine rings is 1. The molecule has 0 saturated carbocycles. The molecule has 21 heavy (non-hydrogen) atoms. The molecular weight excluding hydrogens is 268 g/mol. The van der Waals surface area contributed by atoms with E-state index in [1.165, 1.54) is 17.7 Å². The highest BCUT2D eigenvalue weighted by molar-refractivity contribution is 5.76. The number of fused-ring (bicyclic) bond motifs is 3. The van der Waals surface area contributed by atoms with Crippen LogP contribution in [0.5, 0.6) is 5.75 Å². The topological polar surface area (TPSA) is 56.8 Å². The normalized spacial score (nSPS) is 15.0. The Hall–Kier alpha value is -2.30. The summed E-state index contributed by atoms with van der Waals surface area (Å²) >= 11 is 0. The zero-order chi connectivity index (χ0) is 15.0. The Balaban J connectivity index is 2.29. The molecule has 5 nitrogen and oxygen atoms in total. The van der Waals surface area contributed by atoms with Gasteiger partial charge in [-0.25, -0.2) is 0 Å². The van der Waals surface area contributed by atoms with Crippen LogP contribution in [0.4, 0.5) is 0 Å². The van der Waals surface area contributed by atoms with E-state index in [2.05, 4.69) is 4.40 Å². The molecule has 0 amide bonds. The molecule has 2 aromatic heterocycles. The van der Waals surface area contributed by atoms with Crippen molar-refractivity contribution in [1.82, 2.24) is 4.40 Å².